The van der Waals surface area contributed by atoms with E-state index in [2.05, 4.69) is 73.4 Å². The summed E-state index contributed by atoms with van der Waals surface area (Å²) < 4.78 is 17.1. The summed E-state index contributed by atoms with van der Waals surface area (Å²) in [6.45, 7) is 15.5. The molecule has 32 heavy (non-hydrogen) atoms. The second-order valence-corrected chi connectivity index (χ2v) is 14.9. The third-order valence-corrected chi connectivity index (χ3v) is 9.77. The molecule has 0 saturated carbocycles. The summed E-state index contributed by atoms with van der Waals surface area (Å²) in [4.78, 5) is 0. The molecule has 184 valence electrons. The van der Waals surface area contributed by atoms with Gasteiger partial charge in [0.2, 0.25) is 0 Å². The fourth-order valence-corrected chi connectivity index (χ4v) is 7.83. The van der Waals surface area contributed by atoms with E-state index in [9.17, 15) is 0 Å². The van der Waals surface area contributed by atoms with Gasteiger partial charge in [-0.2, -0.15) is 0 Å². The minimum atomic E-state index is 0.707. The van der Waals surface area contributed by atoms with E-state index in [4.69, 9.17) is 9.47 Å². The molecule has 2 atom stereocenters. The molecule has 0 amide bonds. The highest BCUT2D eigenvalue weighted by atomic mass is 79.9. The molecule has 0 unspecified atom stereocenters. The molecule has 2 rings (SSSR count). The Hall–Kier alpha value is 0.220. The molecule has 2 heterocycles. The van der Waals surface area contributed by atoms with Gasteiger partial charge in [0.15, 0.2) is 11.5 Å². The predicted octanol–water partition coefficient (Wildman–Crippen LogP) is 11.0. The number of rotatable bonds is 16. The summed E-state index contributed by atoms with van der Waals surface area (Å²) in [6.07, 6.45) is 10.1. The van der Waals surface area contributed by atoms with Gasteiger partial charge in [-0.1, -0.05) is 80.1 Å². The third-order valence-electron chi connectivity index (χ3n) is 6.03. The maximum atomic E-state index is 6.26. The summed E-state index contributed by atoms with van der Waals surface area (Å²) >= 11 is 10.9. The van der Waals surface area contributed by atoms with Gasteiger partial charge in [-0.25, -0.2) is 0 Å². The van der Waals surface area contributed by atoms with Crippen LogP contribution in [0.25, 0.3) is 9.40 Å². The van der Waals surface area contributed by atoms with Crippen LogP contribution < -0.4 is 9.47 Å². The highest BCUT2D eigenvalue weighted by Crippen LogP contribution is 2.53. The highest BCUT2D eigenvalue weighted by molar-refractivity contribution is 9.11. The first-order valence-corrected chi connectivity index (χ1v) is 15.6. The maximum absolute atomic E-state index is 6.26. The van der Waals surface area contributed by atoms with Crippen LogP contribution in [0.1, 0.15) is 92.9 Å². The van der Waals surface area contributed by atoms with E-state index in [0.29, 0.717) is 11.8 Å². The normalized spacial score (nSPS) is 13.9. The van der Waals surface area contributed by atoms with Crippen molar-refractivity contribution in [3.8, 4) is 11.5 Å². The quantitative estimate of drug-likeness (QED) is 0.188. The van der Waals surface area contributed by atoms with Crippen LogP contribution in [0.4, 0.5) is 0 Å². The Bertz CT molecular complexity index is 731. The van der Waals surface area contributed by atoms with Crippen molar-refractivity contribution in [2.75, 3.05) is 13.2 Å². The Morgan fingerprint density at radius 3 is 1.31 bits per heavy atom. The predicted molar refractivity (Wildman–Crippen MR) is 151 cm³/mol. The molecule has 0 bridgehead atoms. The van der Waals surface area contributed by atoms with Crippen molar-refractivity contribution in [1.82, 2.24) is 0 Å². The average Bonchev–Trinajstić information content (AvgIpc) is 3.15. The Morgan fingerprint density at radius 2 is 0.969 bits per heavy atom. The van der Waals surface area contributed by atoms with Gasteiger partial charge in [0.05, 0.1) is 22.6 Å². The maximum Gasteiger partial charge on any atom is 0.162 e. The standard InChI is InChI=1S/C26H42Br2O2S2/c1-17(2)9-7-11-19(5)13-15-29-21-23-24(32-25(21)27)22(26(28)31-23)30-16-14-20(6)12-8-10-18(3)4/h17-20H,7-16H2,1-6H3/t19-,20-/m0/s1. The Labute approximate surface area is 221 Å². The first-order valence-electron chi connectivity index (χ1n) is 12.3. The molecule has 0 aliphatic rings. The summed E-state index contributed by atoms with van der Waals surface area (Å²) in [5.74, 6) is 4.99. The SMILES string of the molecule is CC(C)CCC[C@H](C)CCOc1c(Br)sc2c(OCC[C@@H](C)CCCC(C)C)c(Br)sc12. The molecule has 0 spiro atoms. The van der Waals surface area contributed by atoms with Crippen molar-refractivity contribution < 1.29 is 9.47 Å². The van der Waals surface area contributed by atoms with E-state index in [1.807, 2.05) is 0 Å². The molecule has 0 saturated heterocycles. The zero-order valence-corrected chi connectivity index (χ0v) is 25.6. The Morgan fingerprint density at radius 1 is 0.594 bits per heavy atom. The smallest absolute Gasteiger partial charge is 0.162 e. The van der Waals surface area contributed by atoms with Gasteiger partial charge in [-0.15, -0.1) is 22.7 Å². The second-order valence-electron chi connectivity index (χ2n) is 10.2. The van der Waals surface area contributed by atoms with Gasteiger partial charge in [0.1, 0.15) is 7.57 Å². The molecule has 0 radical (unpaired) electrons. The first kappa shape index (κ1) is 28.5. The van der Waals surface area contributed by atoms with Crippen molar-refractivity contribution in [3.63, 3.8) is 0 Å². The lowest BCUT2D eigenvalue weighted by molar-refractivity contribution is 0.277. The second kappa shape index (κ2) is 14.6. The Balaban J connectivity index is 1.85. The molecule has 2 nitrogen and oxygen atoms in total. The van der Waals surface area contributed by atoms with Crippen molar-refractivity contribution in [2.45, 2.75) is 92.9 Å². The van der Waals surface area contributed by atoms with Crippen LogP contribution >= 0.6 is 54.5 Å². The number of fused-ring (bicyclic) bond motifs is 1. The number of hydrogen-bond donors (Lipinski definition) is 0. The van der Waals surface area contributed by atoms with Gasteiger partial charge in [-0.05, 0) is 68.4 Å². The molecule has 0 aliphatic carbocycles. The lowest BCUT2D eigenvalue weighted by atomic mass is 9.98. The molecule has 0 fully saturated rings. The van der Waals surface area contributed by atoms with Crippen molar-refractivity contribution in [2.24, 2.45) is 23.7 Å². The number of ether oxygens (including phenoxy) is 2. The monoisotopic (exact) mass is 608 g/mol. The fraction of sp³-hybridized carbons (Fsp3) is 0.769. The van der Waals surface area contributed by atoms with E-state index in [-0.39, 0.29) is 0 Å². The van der Waals surface area contributed by atoms with Gasteiger partial charge in [0.25, 0.3) is 0 Å². The number of halogens is 2. The summed E-state index contributed by atoms with van der Waals surface area (Å²) in [6, 6.07) is 0. The molecule has 0 aliphatic heterocycles. The zero-order chi connectivity index (χ0) is 23.7. The van der Waals surface area contributed by atoms with Crippen molar-refractivity contribution in [1.29, 1.82) is 0 Å². The van der Waals surface area contributed by atoms with Crippen LogP contribution in [0.5, 0.6) is 11.5 Å². The van der Waals surface area contributed by atoms with Gasteiger partial charge >= 0.3 is 0 Å². The Kier molecular flexibility index (Phi) is 13.0. The molecule has 0 aromatic carbocycles. The van der Waals surface area contributed by atoms with E-state index < -0.39 is 0 Å². The third kappa shape index (κ3) is 9.46. The topological polar surface area (TPSA) is 18.5 Å². The van der Waals surface area contributed by atoms with Gasteiger partial charge in [-0.3, -0.25) is 0 Å². The molecule has 2 aromatic heterocycles. The average molecular weight is 611 g/mol. The summed E-state index contributed by atoms with van der Waals surface area (Å²) in [5.41, 5.74) is 0. The molecule has 0 N–H and O–H groups in total. The minimum absolute atomic E-state index is 0.707. The summed E-state index contributed by atoms with van der Waals surface area (Å²) in [7, 11) is 0. The van der Waals surface area contributed by atoms with E-state index in [1.165, 1.54) is 47.9 Å². The lowest BCUT2D eigenvalue weighted by Crippen LogP contribution is -2.05. The largest absolute Gasteiger partial charge is 0.490 e. The van der Waals surface area contributed by atoms with Gasteiger partial charge in [0, 0.05) is 0 Å². The van der Waals surface area contributed by atoms with Crippen LogP contribution in [-0.2, 0) is 0 Å². The molecule has 2 aromatic rings. The van der Waals surface area contributed by atoms with Crippen LogP contribution in [0.15, 0.2) is 7.57 Å². The highest BCUT2D eigenvalue weighted by Gasteiger charge is 2.22. The number of hydrogen-bond acceptors (Lipinski definition) is 4. The van der Waals surface area contributed by atoms with E-state index in [0.717, 1.165) is 57.0 Å². The molecular weight excluding hydrogens is 568 g/mol. The van der Waals surface area contributed by atoms with Crippen LogP contribution in [-0.4, -0.2) is 13.2 Å². The minimum Gasteiger partial charge on any atom is -0.490 e. The number of thiophene rings is 2. The van der Waals surface area contributed by atoms with E-state index in [1.54, 1.807) is 22.7 Å². The van der Waals surface area contributed by atoms with E-state index >= 15 is 0 Å². The molecule has 6 heteroatoms. The zero-order valence-electron chi connectivity index (χ0n) is 20.8. The van der Waals surface area contributed by atoms with Crippen molar-refractivity contribution >= 4 is 63.9 Å². The lowest BCUT2D eigenvalue weighted by Gasteiger charge is -2.13. The van der Waals surface area contributed by atoms with Gasteiger partial charge < -0.3 is 9.47 Å². The fourth-order valence-electron chi connectivity index (χ4n) is 3.85. The first-order chi connectivity index (χ1) is 15.2. The van der Waals surface area contributed by atoms with Crippen LogP contribution in [0, 0.1) is 23.7 Å². The molecular formula is C26H42Br2O2S2. The summed E-state index contributed by atoms with van der Waals surface area (Å²) in [5, 5.41) is 0. The van der Waals surface area contributed by atoms with Crippen LogP contribution in [0.3, 0.4) is 0 Å². The van der Waals surface area contributed by atoms with Crippen molar-refractivity contribution in [3.05, 3.63) is 7.57 Å². The van der Waals surface area contributed by atoms with Crippen LogP contribution in [0.2, 0.25) is 0 Å².